The lowest BCUT2D eigenvalue weighted by Crippen LogP contribution is -2.47. The Balaban J connectivity index is 0.676. The molecule has 0 radical (unpaired) electrons. The first-order valence-electron chi connectivity index (χ1n) is 22.6. The van der Waals surface area contributed by atoms with Crippen LogP contribution in [0.3, 0.4) is 0 Å². The SMILES string of the molecule is S=P(Oc1cccc(CCCCCCCC2SC2CC2SC2CC2CS2)c1)(Oc1cccc(CCCCCCCC2SC(CC3CS3)C3CC2S3)c1)c1ccccc1. The van der Waals surface area contributed by atoms with E-state index < -0.39 is 6.49 Å². The zero-order valence-corrected chi connectivity index (χ0v) is 40.7. The Morgan fingerprint density at radius 3 is 1.60 bits per heavy atom. The molecule has 3 aromatic rings. The fourth-order valence-electron chi connectivity index (χ4n) is 9.11. The average molecular weight is 927 g/mol. The molecule has 10 heteroatoms. The molecular formula is C48H63O2PS7. The van der Waals surface area contributed by atoms with Crippen LogP contribution in [0.5, 0.6) is 11.5 Å². The minimum atomic E-state index is -2.86. The number of hydrogen-bond acceptors (Lipinski definition) is 9. The van der Waals surface area contributed by atoms with Crippen LogP contribution in [-0.4, -0.2) is 64.0 Å². The molecule has 0 saturated carbocycles. The van der Waals surface area contributed by atoms with E-state index in [-0.39, 0.29) is 0 Å². The van der Waals surface area contributed by atoms with Crippen LogP contribution in [-0.2, 0) is 24.6 Å². The molecule has 7 aliphatic heterocycles. The number of rotatable bonds is 27. The molecular weight excluding hydrogens is 864 g/mol. The van der Waals surface area contributed by atoms with Gasteiger partial charge in [-0.3, -0.25) is 0 Å². The van der Waals surface area contributed by atoms with E-state index in [0.717, 1.165) is 82.1 Å². The van der Waals surface area contributed by atoms with Gasteiger partial charge in [0.25, 0.3) is 0 Å². The maximum absolute atomic E-state index is 6.74. The van der Waals surface area contributed by atoms with Gasteiger partial charge < -0.3 is 9.05 Å². The summed E-state index contributed by atoms with van der Waals surface area (Å²) < 4.78 is 13.5. The highest BCUT2D eigenvalue weighted by Gasteiger charge is 2.49. The van der Waals surface area contributed by atoms with Crippen LogP contribution in [0, 0.1) is 0 Å². The number of thioether (sulfide) groups is 6. The summed E-state index contributed by atoms with van der Waals surface area (Å²) >= 11 is 19.9. The molecule has 0 spiro atoms. The first kappa shape index (κ1) is 43.3. The van der Waals surface area contributed by atoms with Crippen molar-refractivity contribution in [1.82, 2.24) is 0 Å². The molecule has 0 aromatic heterocycles. The van der Waals surface area contributed by atoms with Crippen LogP contribution >= 0.6 is 77.1 Å². The summed E-state index contributed by atoms with van der Waals surface area (Å²) in [6.45, 7) is -2.86. The van der Waals surface area contributed by atoms with Gasteiger partial charge in [0.15, 0.2) is 0 Å². The highest BCUT2D eigenvalue weighted by molar-refractivity contribution is 8.14. The molecule has 58 heavy (non-hydrogen) atoms. The third-order valence-electron chi connectivity index (χ3n) is 12.9. The molecule has 11 atom stereocenters. The molecule has 7 saturated heterocycles. The second-order valence-electron chi connectivity index (χ2n) is 17.6. The van der Waals surface area contributed by atoms with Crippen molar-refractivity contribution in [3.8, 4) is 11.5 Å². The number of hydrogen-bond donors (Lipinski definition) is 0. The van der Waals surface area contributed by atoms with Crippen molar-refractivity contribution in [3.05, 3.63) is 90.0 Å². The van der Waals surface area contributed by atoms with E-state index in [4.69, 9.17) is 20.9 Å². The largest absolute Gasteiger partial charge is 0.432 e. The highest BCUT2D eigenvalue weighted by Crippen LogP contribution is 2.58. The Labute approximate surface area is 381 Å². The topological polar surface area (TPSA) is 18.5 Å². The zero-order chi connectivity index (χ0) is 39.2. The van der Waals surface area contributed by atoms with Crippen molar-refractivity contribution in [2.75, 3.05) is 11.5 Å². The van der Waals surface area contributed by atoms with Gasteiger partial charge in [0.2, 0.25) is 0 Å². The van der Waals surface area contributed by atoms with Crippen molar-refractivity contribution < 1.29 is 9.05 Å². The van der Waals surface area contributed by atoms with Crippen LogP contribution < -0.4 is 14.4 Å². The van der Waals surface area contributed by atoms with Crippen LogP contribution in [0.4, 0.5) is 0 Å². The van der Waals surface area contributed by atoms with Gasteiger partial charge in [0, 0.05) is 64.0 Å². The Hall–Kier alpha value is 0.01000. The summed E-state index contributed by atoms with van der Waals surface area (Å²) in [5.41, 5.74) is 2.65. The molecule has 0 N–H and O–H groups in total. The Morgan fingerprint density at radius 1 is 0.500 bits per heavy atom. The van der Waals surface area contributed by atoms with Gasteiger partial charge in [-0.15, -0.1) is 0 Å². The maximum atomic E-state index is 6.74. The summed E-state index contributed by atoms with van der Waals surface area (Å²) in [5, 5.41) is 10.7. The highest BCUT2D eigenvalue weighted by atomic mass is 32.5. The smallest absolute Gasteiger partial charge is 0.319 e. The molecule has 2 nitrogen and oxygen atoms in total. The van der Waals surface area contributed by atoms with Crippen LogP contribution in [0.15, 0.2) is 78.9 Å². The van der Waals surface area contributed by atoms with E-state index in [9.17, 15) is 0 Å². The molecule has 0 amide bonds. The predicted octanol–water partition coefficient (Wildman–Crippen LogP) is 14.3. The van der Waals surface area contributed by atoms with Crippen molar-refractivity contribution in [2.24, 2.45) is 0 Å². The molecule has 11 unspecified atom stereocenters. The van der Waals surface area contributed by atoms with Gasteiger partial charge in [0.1, 0.15) is 11.5 Å². The van der Waals surface area contributed by atoms with Gasteiger partial charge in [0.05, 0.1) is 5.30 Å². The van der Waals surface area contributed by atoms with Gasteiger partial charge in [-0.2, -0.15) is 70.6 Å². The Bertz CT molecular complexity index is 1800. The van der Waals surface area contributed by atoms with Crippen LogP contribution in [0.2, 0.25) is 0 Å². The normalized spacial score (nSPS) is 31.2. The summed E-state index contributed by atoms with van der Waals surface area (Å²) in [6, 6.07) is 27.4. The van der Waals surface area contributed by atoms with E-state index in [1.165, 1.54) is 125 Å². The van der Waals surface area contributed by atoms with Crippen molar-refractivity contribution in [2.45, 2.75) is 168 Å². The summed E-state index contributed by atoms with van der Waals surface area (Å²) in [5.74, 6) is 4.49. The number of aryl methyl sites for hydroxylation is 2. The van der Waals surface area contributed by atoms with E-state index in [2.05, 4.69) is 119 Å². The van der Waals surface area contributed by atoms with Gasteiger partial charge in [-0.1, -0.05) is 93.8 Å². The fraction of sp³-hybridized carbons (Fsp3) is 0.625. The van der Waals surface area contributed by atoms with Crippen molar-refractivity contribution in [1.29, 1.82) is 0 Å². The summed E-state index contributed by atoms with van der Waals surface area (Å²) in [6.07, 6.45) is 24.3. The average Bonchev–Trinajstić information content (AvgIpc) is 3.99. The van der Waals surface area contributed by atoms with E-state index in [0.29, 0.717) is 0 Å². The number of benzene rings is 3. The Kier molecular flexibility index (Phi) is 15.8. The standard InChI is InChI=1S/C48H63O2PS7/c52-51(38-22-10-7-11-23-38,49-36-20-14-18-34(26-36)16-8-3-1-5-12-24-41-45(56-41)30-48-44(57-48)29-40-33-54-40)50-37-21-15-19-35(27-37)17-9-4-2-6-13-25-42-46-31-47(58-46)43(55-42)28-39-32-53-39/h7,10-11,14-15,18-23,26-27,39-48H,1-6,8-9,12-13,16-17,24-25,28-33H2. The lowest BCUT2D eigenvalue weighted by atomic mass is 10.0. The third kappa shape index (κ3) is 13.0. The molecule has 0 aliphatic carbocycles. The van der Waals surface area contributed by atoms with Crippen molar-refractivity contribution >= 4 is 94.2 Å². The third-order valence-corrected chi connectivity index (χ3v) is 24.5. The first-order valence-corrected chi connectivity index (χ1v) is 31.1. The van der Waals surface area contributed by atoms with Crippen molar-refractivity contribution in [3.63, 3.8) is 0 Å². The van der Waals surface area contributed by atoms with Crippen LogP contribution in [0.1, 0.15) is 114 Å². The molecule has 7 heterocycles. The van der Waals surface area contributed by atoms with E-state index in [1.54, 1.807) is 0 Å². The molecule has 7 aliphatic rings. The minimum Gasteiger partial charge on any atom is -0.432 e. The zero-order valence-electron chi connectivity index (χ0n) is 34.0. The number of unbranched alkanes of at least 4 members (excludes halogenated alkanes) is 8. The monoisotopic (exact) mass is 926 g/mol. The van der Waals surface area contributed by atoms with E-state index in [1.807, 2.05) is 30.3 Å². The molecule has 3 aromatic carbocycles. The Morgan fingerprint density at radius 2 is 0.983 bits per heavy atom. The lowest BCUT2D eigenvalue weighted by molar-refractivity contribution is 0.497. The van der Waals surface area contributed by atoms with Gasteiger partial charge in [-0.25, -0.2) is 0 Å². The second-order valence-corrected chi connectivity index (χ2v) is 29.5. The molecule has 2 bridgehead atoms. The number of fused-ring (bicyclic) bond motifs is 2. The predicted molar refractivity (Wildman–Crippen MR) is 269 cm³/mol. The first-order chi connectivity index (χ1) is 28.5. The molecule has 10 rings (SSSR count). The van der Waals surface area contributed by atoms with E-state index >= 15 is 0 Å². The van der Waals surface area contributed by atoms with Gasteiger partial charge >= 0.3 is 6.49 Å². The summed E-state index contributed by atoms with van der Waals surface area (Å²) in [4.78, 5) is 0. The quantitative estimate of drug-likeness (QED) is 0.0419. The fourth-order valence-corrected chi connectivity index (χ4v) is 19.4. The van der Waals surface area contributed by atoms with Gasteiger partial charge in [-0.05, 0) is 124 Å². The molecule has 314 valence electrons. The van der Waals surface area contributed by atoms with Crippen LogP contribution in [0.25, 0.3) is 0 Å². The molecule has 7 fully saturated rings. The second kappa shape index (κ2) is 21.1. The lowest BCUT2D eigenvalue weighted by Gasteiger charge is -2.50. The minimum absolute atomic E-state index is 0.814. The maximum Gasteiger partial charge on any atom is 0.319 e. The summed E-state index contributed by atoms with van der Waals surface area (Å²) in [7, 11) is 0.